The van der Waals surface area contributed by atoms with Crippen LogP contribution in [0, 0.1) is 0 Å². The van der Waals surface area contributed by atoms with E-state index in [1.165, 1.54) is 23.4 Å². The maximum Gasteiger partial charge on any atom is 0.243 e. The van der Waals surface area contributed by atoms with Crippen LogP contribution in [-0.2, 0) is 21.4 Å². The van der Waals surface area contributed by atoms with E-state index in [0.717, 1.165) is 5.56 Å². The molecule has 0 radical (unpaired) electrons. The van der Waals surface area contributed by atoms with Gasteiger partial charge in [-0.15, -0.1) is 0 Å². The van der Waals surface area contributed by atoms with Crippen molar-refractivity contribution in [3.63, 3.8) is 0 Å². The number of carbonyl (C=O) groups excluding carboxylic acids is 1. The molecule has 1 saturated heterocycles. The molecule has 1 fully saturated rings. The summed E-state index contributed by atoms with van der Waals surface area (Å²) in [5, 5.41) is 12.6. The van der Waals surface area contributed by atoms with Gasteiger partial charge in [-0.2, -0.15) is 4.31 Å². The molecular formula is C14H20N2O4S. The quantitative estimate of drug-likeness (QED) is 0.827. The van der Waals surface area contributed by atoms with E-state index >= 15 is 0 Å². The summed E-state index contributed by atoms with van der Waals surface area (Å²) >= 11 is 0. The minimum atomic E-state index is -3.55. The van der Waals surface area contributed by atoms with Crippen LogP contribution in [0.1, 0.15) is 25.8 Å². The lowest BCUT2D eigenvalue weighted by atomic mass is 9.94. The highest BCUT2D eigenvalue weighted by atomic mass is 32.2. The molecular weight excluding hydrogens is 292 g/mol. The third-order valence-electron chi connectivity index (χ3n) is 3.70. The van der Waals surface area contributed by atoms with Gasteiger partial charge < -0.3 is 10.4 Å². The van der Waals surface area contributed by atoms with E-state index in [1.807, 2.05) is 6.92 Å². The number of nitrogens with zero attached hydrogens (tertiary/aromatic N) is 1. The lowest BCUT2D eigenvalue weighted by Gasteiger charge is -2.44. The van der Waals surface area contributed by atoms with Gasteiger partial charge in [0.05, 0.1) is 10.5 Å². The van der Waals surface area contributed by atoms with E-state index in [1.54, 1.807) is 12.1 Å². The molecule has 116 valence electrons. The summed E-state index contributed by atoms with van der Waals surface area (Å²) in [7, 11) is -3.55. The van der Waals surface area contributed by atoms with Crippen LogP contribution < -0.4 is 5.32 Å². The van der Waals surface area contributed by atoms with Gasteiger partial charge in [0.15, 0.2) is 0 Å². The summed E-state index contributed by atoms with van der Waals surface area (Å²) in [6, 6.07) is 6.40. The van der Waals surface area contributed by atoms with Gasteiger partial charge in [0.1, 0.15) is 0 Å². The Morgan fingerprint density at radius 1 is 1.33 bits per heavy atom. The molecule has 2 N–H and O–H groups in total. The van der Waals surface area contributed by atoms with Gasteiger partial charge in [0.2, 0.25) is 15.9 Å². The zero-order valence-corrected chi connectivity index (χ0v) is 13.0. The van der Waals surface area contributed by atoms with E-state index in [9.17, 15) is 18.3 Å². The van der Waals surface area contributed by atoms with Crippen molar-refractivity contribution in [2.45, 2.75) is 37.3 Å². The van der Waals surface area contributed by atoms with E-state index in [-0.39, 0.29) is 23.9 Å². The summed E-state index contributed by atoms with van der Waals surface area (Å²) in [6.45, 7) is 3.91. The second kappa shape index (κ2) is 5.75. The second-order valence-electron chi connectivity index (χ2n) is 5.40. The molecule has 1 heterocycles. The predicted molar refractivity (Wildman–Crippen MR) is 78.0 cm³/mol. The standard InChI is InChI=1S/C14H20N2O4S/c1-3-14(18)9-16(10-14)21(19,20)13-6-4-12(5-7-13)8-15-11(2)17/h4-7,18H,3,8-10H2,1-2H3,(H,15,17). The number of carbonyl (C=O) groups is 1. The first-order valence-electron chi connectivity index (χ1n) is 6.83. The molecule has 1 aliphatic heterocycles. The molecule has 2 rings (SSSR count). The van der Waals surface area contributed by atoms with Crippen LogP contribution in [-0.4, -0.2) is 42.4 Å². The molecule has 0 spiro atoms. The van der Waals surface area contributed by atoms with Crippen LogP contribution in [0.3, 0.4) is 0 Å². The normalized spacial score (nSPS) is 18.0. The second-order valence-corrected chi connectivity index (χ2v) is 7.34. The van der Waals surface area contributed by atoms with Crippen molar-refractivity contribution >= 4 is 15.9 Å². The first-order valence-corrected chi connectivity index (χ1v) is 8.27. The highest BCUT2D eigenvalue weighted by Gasteiger charge is 2.45. The van der Waals surface area contributed by atoms with E-state index in [4.69, 9.17) is 0 Å². The molecule has 0 bridgehead atoms. The third kappa shape index (κ3) is 3.42. The molecule has 1 aromatic rings. The lowest BCUT2D eigenvalue weighted by molar-refractivity contribution is -0.119. The van der Waals surface area contributed by atoms with Gasteiger partial charge in [-0.25, -0.2) is 8.42 Å². The Bertz CT molecular complexity index is 619. The van der Waals surface area contributed by atoms with E-state index in [0.29, 0.717) is 13.0 Å². The van der Waals surface area contributed by atoms with Crippen LogP contribution in [0.5, 0.6) is 0 Å². The molecule has 1 amide bonds. The van der Waals surface area contributed by atoms with Crippen LogP contribution in [0.4, 0.5) is 0 Å². The Balaban J connectivity index is 2.06. The van der Waals surface area contributed by atoms with Crippen LogP contribution in [0.25, 0.3) is 0 Å². The summed E-state index contributed by atoms with van der Waals surface area (Å²) in [6.07, 6.45) is 0.536. The summed E-state index contributed by atoms with van der Waals surface area (Å²) in [4.78, 5) is 11.0. The molecule has 21 heavy (non-hydrogen) atoms. The zero-order chi connectivity index (χ0) is 15.7. The van der Waals surface area contributed by atoms with Gasteiger partial charge in [0.25, 0.3) is 0 Å². The first kappa shape index (κ1) is 15.9. The van der Waals surface area contributed by atoms with E-state index in [2.05, 4.69) is 5.32 Å². The van der Waals surface area contributed by atoms with Crippen molar-refractivity contribution in [2.24, 2.45) is 0 Å². The Kier molecular flexibility index (Phi) is 4.36. The largest absolute Gasteiger partial charge is 0.387 e. The Hall–Kier alpha value is -1.44. The van der Waals surface area contributed by atoms with Gasteiger partial charge in [-0.3, -0.25) is 4.79 Å². The summed E-state index contributed by atoms with van der Waals surface area (Å²) in [5.74, 6) is -0.133. The summed E-state index contributed by atoms with van der Waals surface area (Å²) in [5.41, 5.74) is -0.0591. The number of sulfonamides is 1. The van der Waals surface area contributed by atoms with Crippen molar-refractivity contribution < 1.29 is 18.3 Å². The average Bonchev–Trinajstić information content (AvgIpc) is 2.42. The Morgan fingerprint density at radius 3 is 2.38 bits per heavy atom. The molecule has 7 heteroatoms. The van der Waals surface area contributed by atoms with Gasteiger partial charge in [-0.05, 0) is 24.1 Å². The fourth-order valence-corrected chi connectivity index (χ4v) is 3.76. The SMILES string of the molecule is CCC1(O)CN(S(=O)(=O)c2ccc(CNC(C)=O)cc2)C1. The number of β-amino-alcohol motifs (C(OH)–C–C–N with tert-alkyl or cyclic N) is 1. The molecule has 0 unspecified atom stereocenters. The number of hydrogen-bond acceptors (Lipinski definition) is 4. The topological polar surface area (TPSA) is 86.7 Å². The number of aliphatic hydroxyl groups is 1. The maximum atomic E-state index is 12.3. The highest BCUT2D eigenvalue weighted by Crippen LogP contribution is 2.30. The van der Waals surface area contributed by atoms with Crippen molar-refractivity contribution in [3.8, 4) is 0 Å². The molecule has 0 aliphatic carbocycles. The fourth-order valence-electron chi connectivity index (χ4n) is 2.16. The molecule has 0 saturated carbocycles. The smallest absolute Gasteiger partial charge is 0.243 e. The Morgan fingerprint density at radius 2 is 1.90 bits per heavy atom. The zero-order valence-electron chi connectivity index (χ0n) is 12.2. The molecule has 6 nitrogen and oxygen atoms in total. The summed E-state index contributed by atoms with van der Waals surface area (Å²) < 4.78 is 26.0. The van der Waals surface area contributed by atoms with Crippen LogP contribution in [0.2, 0.25) is 0 Å². The minimum absolute atomic E-state index is 0.133. The van der Waals surface area contributed by atoms with Crippen molar-refractivity contribution in [3.05, 3.63) is 29.8 Å². The number of hydrogen-bond donors (Lipinski definition) is 2. The van der Waals surface area contributed by atoms with Gasteiger partial charge in [-0.1, -0.05) is 19.1 Å². The average molecular weight is 312 g/mol. The highest BCUT2D eigenvalue weighted by molar-refractivity contribution is 7.89. The van der Waals surface area contributed by atoms with Gasteiger partial charge in [0, 0.05) is 26.6 Å². The van der Waals surface area contributed by atoms with Crippen LogP contribution >= 0.6 is 0 Å². The maximum absolute atomic E-state index is 12.3. The first-order chi connectivity index (χ1) is 9.77. The molecule has 1 aliphatic rings. The predicted octanol–water partition coefficient (Wildman–Crippen LogP) is 0.468. The fraction of sp³-hybridized carbons (Fsp3) is 0.500. The lowest BCUT2D eigenvalue weighted by Crippen LogP contribution is -2.62. The molecule has 1 aromatic carbocycles. The minimum Gasteiger partial charge on any atom is -0.387 e. The number of benzene rings is 1. The number of amides is 1. The Labute approximate surface area is 124 Å². The van der Waals surface area contributed by atoms with Crippen molar-refractivity contribution in [1.82, 2.24) is 9.62 Å². The van der Waals surface area contributed by atoms with Crippen molar-refractivity contribution in [2.75, 3.05) is 13.1 Å². The van der Waals surface area contributed by atoms with Crippen LogP contribution in [0.15, 0.2) is 29.2 Å². The number of nitrogens with one attached hydrogen (secondary N) is 1. The van der Waals surface area contributed by atoms with Crippen molar-refractivity contribution in [1.29, 1.82) is 0 Å². The molecule has 0 atom stereocenters. The monoisotopic (exact) mass is 312 g/mol. The third-order valence-corrected chi connectivity index (χ3v) is 5.51. The van der Waals surface area contributed by atoms with Gasteiger partial charge >= 0.3 is 0 Å². The van der Waals surface area contributed by atoms with E-state index < -0.39 is 15.6 Å². The molecule has 0 aromatic heterocycles. The number of rotatable bonds is 5.